The molecule has 8 nitrogen and oxygen atoms in total. The van der Waals surface area contributed by atoms with E-state index in [1.807, 2.05) is 36.4 Å². The van der Waals surface area contributed by atoms with Gasteiger partial charge in [0.25, 0.3) is 5.89 Å². The minimum atomic E-state index is -3.72. The van der Waals surface area contributed by atoms with E-state index < -0.39 is 10.0 Å². The fraction of sp³-hybridized carbons (Fsp3) is 0.100. The monoisotopic (exact) mass is 410 g/mol. The van der Waals surface area contributed by atoms with E-state index in [0.717, 1.165) is 11.1 Å². The van der Waals surface area contributed by atoms with Gasteiger partial charge in [0.1, 0.15) is 16.3 Å². The standard InChI is InChI=1S/C20H18N4O4S/c1-27-16-9-5-6-14(10-16)12-22-29(25,26)17-11-18(21-13-17)20-24-23-19(28-20)15-7-3-2-4-8-15/h2-11,13,21-22H,12H2,1H3. The summed E-state index contributed by atoms with van der Waals surface area (Å²) in [6.45, 7) is 0.138. The van der Waals surface area contributed by atoms with E-state index >= 15 is 0 Å². The maximum Gasteiger partial charge on any atom is 0.264 e. The second-order valence-electron chi connectivity index (χ2n) is 6.20. The van der Waals surface area contributed by atoms with Gasteiger partial charge in [0.15, 0.2) is 0 Å². The average Bonchev–Trinajstić information content (AvgIpc) is 3.43. The first-order valence-electron chi connectivity index (χ1n) is 8.75. The number of H-pyrrole nitrogens is 1. The number of hydrogen-bond acceptors (Lipinski definition) is 6. The van der Waals surface area contributed by atoms with Gasteiger partial charge in [-0.15, -0.1) is 10.2 Å². The number of ether oxygens (including phenoxy) is 1. The lowest BCUT2D eigenvalue weighted by atomic mass is 10.2. The molecule has 29 heavy (non-hydrogen) atoms. The molecule has 0 fully saturated rings. The van der Waals surface area contributed by atoms with Crippen LogP contribution in [0.5, 0.6) is 5.75 Å². The lowest BCUT2D eigenvalue weighted by Gasteiger charge is -2.06. The molecule has 0 aliphatic rings. The number of nitrogens with zero attached hydrogens (tertiary/aromatic N) is 2. The SMILES string of the molecule is COc1cccc(CNS(=O)(=O)c2c[nH]c(-c3nnc(-c4ccccc4)o3)c2)c1. The van der Waals surface area contributed by atoms with Crippen molar-refractivity contribution in [2.24, 2.45) is 0 Å². The zero-order chi connectivity index (χ0) is 20.3. The van der Waals surface area contributed by atoms with Crippen molar-refractivity contribution in [3.63, 3.8) is 0 Å². The topological polar surface area (TPSA) is 110 Å². The van der Waals surface area contributed by atoms with E-state index in [1.165, 1.54) is 12.3 Å². The number of aromatic amines is 1. The van der Waals surface area contributed by atoms with Gasteiger partial charge in [-0.1, -0.05) is 30.3 Å². The molecule has 2 aromatic heterocycles. The highest BCUT2D eigenvalue weighted by molar-refractivity contribution is 7.89. The Hall–Kier alpha value is -3.43. The van der Waals surface area contributed by atoms with Crippen molar-refractivity contribution in [2.45, 2.75) is 11.4 Å². The van der Waals surface area contributed by atoms with E-state index in [-0.39, 0.29) is 17.3 Å². The van der Waals surface area contributed by atoms with E-state index in [2.05, 4.69) is 19.9 Å². The Bertz CT molecular complexity index is 1220. The summed E-state index contributed by atoms with van der Waals surface area (Å²) in [7, 11) is -2.16. The van der Waals surface area contributed by atoms with E-state index in [4.69, 9.17) is 9.15 Å². The summed E-state index contributed by atoms with van der Waals surface area (Å²) in [5, 5.41) is 8.01. The van der Waals surface area contributed by atoms with Crippen LogP contribution in [0.2, 0.25) is 0 Å². The predicted molar refractivity (Wildman–Crippen MR) is 107 cm³/mol. The molecule has 2 aromatic carbocycles. The molecule has 0 aliphatic carbocycles. The van der Waals surface area contributed by atoms with Gasteiger partial charge in [0.2, 0.25) is 15.9 Å². The second-order valence-corrected chi connectivity index (χ2v) is 7.97. The summed E-state index contributed by atoms with van der Waals surface area (Å²) in [6, 6.07) is 18.0. The Balaban J connectivity index is 1.50. The molecule has 0 spiro atoms. The quantitative estimate of drug-likeness (QED) is 0.484. The molecule has 0 atom stereocenters. The summed E-state index contributed by atoms with van der Waals surface area (Å²) in [5.74, 6) is 1.23. The molecule has 0 aliphatic heterocycles. The van der Waals surface area contributed by atoms with Crippen molar-refractivity contribution < 1.29 is 17.6 Å². The van der Waals surface area contributed by atoms with E-state index in [9.17, 15) is 8.42 Å². The van der Waals surface area contributed by atoms with E-state index in [1.54, 1.807) is 25.3 Å². The van der Waals surface area contributed by atoms with Gasteiger partial charge < -0.3 is 14.1 Å². The number of rotatable bonds is 7. The van der Waals surface area contributed by atoms with E-state index in [0.29, 0.717) is 17.3 Å². The molecule has 0 saturated heterocycles. The molecule has 0 radical (unpaired) electrons. The predicted octanol–water partition coefficient (Wildman–Crippen LogP) is 3.22. The number of aromatic nitrogens is 3. The number of benzene rings is 2. The van der Waals surface area contributed by atoms with Crippen LogP contribution in [-0.4, -0.2) is 30.7 Å². The van der Waals surface area contributed by atoms with Gasteiger partial charge in [-0.25, -0.2) is 13.1 Å². The Morgan fingerprint density at radius 2 is 1.83 bits per heavy atom. The molecule has 9 heteroatoms. The van der Waals surface area contributed by atoms with Crippen molar-refractivity contribution >= 4 is 10.0 Å². The summed E-state index contributed by atoms with van der Waals surface area (Å²) in [6.07, 6.45) is 1.38. The molecule has 0 unspecified atom stereocenters. The largest absolute Gasteiger partial charge is 0.497 e. The lowest BCUT2D eigenvalue weighted by Crippen LogP contribution is -2.22. The molecule has 2 heterocycles. The zero-order valence-corrected chi connectivity index (χ0v) is 16.3. The van der Waals surface area contributed by atoms with Gasteiger partial charge in [-0.3, -0.25) is 0 Å². The van der Waals surface area contributed by atoms with Gasteiger partial charge in [0, 0.05) is 18.3 Å². The lowest BCUT2D eigenvalue weighted by molar-refractivity contribution is 0.414. The Labute approximate surface area is 167 Å². The maximum absolute atomic E-state index is 12.6. The highest BCUT2D eigenvalue weighted by Crippen LogP contribution is 2.24. The van der Waals surface area contributed by atoms with Crippen LogP contribution in [0.25, 0.3) is 23.0 Å². The van der Waals surface area contributed by atoms with Gasteiger partial charge >= 0.3 is 0 Å². The van der Waals surface area contributed by atoms with Crippen LogP contribution in [0.1, 0.15) is 5.56 Å². The van der Waals surface area contributed by atoms with Gasteiger partial charge in [0.05, 0.1) is 7.11 Å². The van der Waals surface area contributed by atoms with Crippen LogP contribution in [0.15, 0.2) is 76.2 Å². The molecule has 2 N–H and O–H groups in total. The third-order valence-electron chi connectivity index (χ3n) is 4.24. The summed E-state index contributed by atoms with van der Waals surface area (Å²) in [5.41, 5.74) is 1.99. The van der Waals surface area contributed by atoms with Crippen molar-refractivity contribution in [2.75, 3.05) is 7.11 Å². The van der Waals surface area contributed by atoms with Crippen molar-refractivity contribution in [1.29, 1.82) is 0 Å². The third kappa shape index (κ3) is 4.20. The highest BCUT2D eigenvalue weighted by atomic mass is 32.2. The summed E-state index contributed by atoms with van der Waals surface area (Å²) in [4.78, 5) is 2.95. The first-order chi connectivity index (χ1) is 14.0. The molecule has 0 amide bonds. The molecule has 0 saturated carbocycles. The smallest absolute Gasteiger partial charge is 0.264 e. The van der Waals surface area contributed by atoms with Crippen LogP contribution in [0, 0.1) is 0 Å². The van der Waals surface area contributed by atoms with Gasteiger partial charge in [-0.2, -0.15) is 0 Å². The minimum Gasteiger partial charge on any atom is -0.497 e. The van der Waals surface area contributed by atoms with Crippen molar-refractivity contribution in [1.82, 2.24) is 19.9 Å². The summed E-state index contributed by atoms with van der Waals surface area (Å²) >= 11 is 0. The maximum atomic E-state index is 12.6. The molecule has 0 bridgehead atoms. The highest BCUT2D eigenvalue weighted by Gasteiger charge is 2.19. The first-order valence-corrected chi connectivity index (χ1v) is 10.2. The van der Waals surface area contributed by atoms with Crippen LogP contribution in [0.3, 0.4) is 0 Å². The van der Waals surface area contributed by atoms with Crippen LogP contribution in [0.4, 0.5) is 0 Å². The normalized spacial score (nSPS) is 11.5. The first kappa shape index (κ1) is 18.9. The number of nitrogens with one attached hydrogen (secondary N) is 2. The third-order valence-corrected chi connectivity index (χ3v) is 5.62. The number of sulfonamides is 1. The number of hydrogen-bond donors (Lipinski definition) is 2. The molecular weight excluding hydrogens is 392 g/mol. The second kappa shape index (κ2) is 7.90. The average molecular weight is 410 g/mol. The molecule has 4 aromatic rings. The number of methoxy groups -OCH3 is 1. The fourth-order valence-corrected chi connectivity index (χ4v) is 3.74. The Morgan fingerprint density at radius 3 is 2.62 bits per heavy atom. The molecular formula is C20H18N4O4S. The summed E-state index contributed by atoms with van der Waals surface area (Å²) < 4.78 is 38.6. The Morgan fingerprint density at radius 1 is 1.03 bits per heavy atom. The van der Waals surface area contributed by atoms with Gasteiger partial charge in [-0.05, 0) is 35.9 Å². The minimum absolute atomic E-state index is 0.0786. The van der Waals surface area contributed by atoms with Crippen molar-refractivity contribution in [3.8, 4) is 28.8 Å². The van der Waals surface area contributed by atoms with Crippen LogP contribution in [-0.2, 0) is 16.6 Å². The molecule has 4 rings (SSSR count). The van der Waals surface area contributed by atoms with Crippen LogP contribution >= 0.6 is 0 Å². The fourth-order valence-electron chi connectivity index (χ4n) is 2.73. The Kier molecular flexibility index (Phi) is 5.15. The molecule has 148 valence electrons. The van der Waals surface area contributed by atoms with Crippen molar-refractivity contribution in [3.05, 3.63) is 72.4 Å². The zero-order valence-electron chi connectivity index (χ0n) is 15.5. The van der Waals surface area contributed by atoms with Crippen LogP contribution < -0.4 is 9.46 Å².